The van der Waals surface area contributed by atoms with E-state index in [-0.39, 0.29) is 11.6 Å². The fourth-order valence-electron chi connectivity index (χ4n) is 2.69. The Morgan fingerprint density at radius 3 is 2.55 bits per heavy atom. The first kappa shape index (κ1) is 15.4. The van der Waals surface area contributed by atoms with Crippen molar-refractivity contribution in [2.45, 2.75) is 38.7 Å². The van der Waals surface area contributed by atoms with Crippen molar-refractivity contribution in [3.63, 3.8) is 0 Å². The number of halogens is 2. The van der Waals surface area contributed by atoms with Gasteiger partial charge in [-0.1, -0.05) is 25.1 Å². The highest BCUT2D eigenvalue weighted by atomic mass is 19.3. The second kappa shape index (κ2) is 7.14. The molecule has 1 aromatic carbocycles. The molecule has 0 aromatic heterocycles. The topological polar surface area (TPSA) is 29.3 Å². The largest absolute Gasteiger partial charge is 0.329 e. The fourth-order valence-corrected chi connectivity index (χ4v) is 2.69. The van der Waals surface area contributed by atoms with Crippen molar-refractivity contribution in [2.24, 2.45) is 11.7 Å². The predicted octanol–water partition coefficient (Wildman–Crippen LogP) is 3.75. The van der Waals surface area contributed by atoms with Crippen LogP contribution in [-0.2, 0) is 0 Å². The molecule has 1 aromatic rings. The first-order valence-electron chi connectivity index (χ1n) is 7.47. The normalized spacial score (nSPS) is 16.9. The lowest BCUT2D eigenvalue weighted by atomic mass is 10.0. The molecule has 2 N–H and O–H groups in total. The van der Waals surface area contributed by atoms with Gasteiger partial charge in [0.25, 0.3) is 6.43 Å². The Labute approximate surface area is 120 Å². The Kier molecular flexibility index (Phi) is 5.49. The molecule has 1 aliphatic carbocycles. The average Bonchev–Trinajstić information content (AvgIpc) is 3.24. The summed E-state index contributed by atoms with van der Waals surface area (Å²) in [7, 11) is 0. The summed E-state index contributed by atoms with van der Waals surface area (Å²) in [5.74, 6) is 0.772. The van der Waals surface area contributed by atoms with Crippen LogP contribution in [-0.4, -0.2) is 24.5 Å². The first-order chi connectivity index (χ1) is 9.65. The second-order valence-corrected chi connectivity index (χ2v) is 5.66. The van der Waals surface area contributed by atoms with E-state index in [1.165, 1.54) is 18.9 Å². The number of alkyl halides is 2. The number of hydrogen-bond donors (Lipinski definition) is 1. The van der Waals surface area contributed by atoms with Gasteiger partial charge in [0.2, 0.25) is 0 Å². The molecular formula is C16H24F2N2. The van der Waals surface area contributed by atoms with Crippen molar-refractivity contribution >= 4 is 0 Å². The van der Waals surface area contributed by atoms with E-state index in [0.717, 1.165) is 31.0 Å². The molecule has 0 amide bonds. The highest BCUT2D eigenvalue weighted by Crippen LogP contribution is 2.33. The van der Waals surface area contributed by atoms with E-state index >= 15 is 0 Å². The maximum atomic E-state index is 12.8. The highest BCUT2D eigenvalue weighted by molar-refractivity contribution is 5.27. The van der Waals surface area contributed by atoms with Gasteiger partial charge >= 0.3 is 0 Å². The molecule has 0 bridgehead atoms. The zero-order valence-electron chi connectivity index (χ0n) is 12.1. The van der Waals surface area contributed by atoms with Crippen LogP contribution < -0.4 is 5.73 Å². The summed E-state index contributed by atoms with van der Waals surface area (Å²) in [6.45, 7) is 4.62. The van der Waals surface area contributed by atoms with Crippen LogP contribution in [0.4, 0.5) is 8.78 Å². The number of nitrogens with two attached hydrogens (primary N) is 1. The number of nitrogens with zero attached hydrogens (tertiary/aromatic N) is 1. The van der Waals surface area contributed by atoms with E-state index in [1.807, 2.05) is 6.07 Å². The lowest BCUT2D eigenvalue weighted by Crippen LogP contribution is -2.36. The van der Waals surface area contributed by atoms with Crippen molar-refractivity contribution in [1.29, 1.82) is 0 Å². The van der Waals surface area contributed by atoms with Gasteiger partial charge in [-0.2, -0.15) is 0 Å². The van der Waals surface area contributed by atoms with Crippen LogP contribution in [0.2, 0.25) is 0 Å². The van der Waals surface area contributed by atoms with E-state index in [1.54, 1.807) is 12.1 Å². The van der Waals surface area contributed by atoms with Crippen LogP contribution in [0, 0.1) is 5.92 Å². The summed E-state index contributed by atoms with van der Waals surface area (Å²) in [5, 5.41) is 0. The van der Waals surface area contributed by atoms with Crippen molar-refractivity contribution in [3.05, 3.63) is 35.4 Å². The molecule has 2 nitrogen and oxygen atoms in total. The van der Waals surface area contributed by atoms with Gasteiger partial charge in [0, 0.05) is 24.7 Å². The zero-order chi connectivity index (χ0) is 14.5. The fraction of sp³-hybridized carbons (Fsp3) is 0.625. The number of benzene rings is 1. The Morgan fingerprint density at radius 1 is 1.30 bits per heavy atom. The van der Waals surface area contributed by atoms with Crippen molar-refractivity contribution < 1.29 is 8.78 Å². The summed E-state index contributed by atoms with van der Waals surface area (Å²) in [4.78, 5) is 2.36. The van der Waals surface area contributed by atoms with Gasteiger partial charge in [0.1, 0.15) is 0 Å². The summed E-state index contributed by atoms with van der Waals surface area (Å²) >= 11 is 0. The monoisotopic (exact) mass is 282 g/mol. The maximum absolute atomic E-state index is 12.8. The molecular weight excluding hydrogens is 258 g/mol. The molecule has 1 unspecified atom stereocenters. The molecule has 0 heterocycles. The van der Waals surface area contributed by atoms with Crippen LogP contribution in [0.3, 0.4) is 0 Å². The number of hydrogen-bond acceptors (Lipinski definition) is 2. The lowest BCUT2D eigenvalue weighted by molar-refractivity contribution is 0.150. The molecule has 0 radical (unpaired) electrons. The van der Waals surface area contributed by atoms with Gasteiger partial charge in [-0.05, 0) is 43.4 Å². The molecule has 0 saturated heterocycles. The maximum Gasteiger partial charge on any atom is 0.263 e. The smallest absolute Gasteiger partial charge is 0.263 e. The van der Waals surface area contributed by atoms with Crippen LogP contribution in [0.15, 0.2) is 24.3 Å². The van der Waals surface area contributed by atoms with Crippen molar-refractivity contribution in [1.82, 2.24) is 4.90 Å². The minimum atomic E-state index is -2.42. The molecule has 1 fully saturated rings. The standard InChI is InChI=1S/C16H24F2N2/c1-2-8-20(11-12-6-7-12)15(10-19)13-4-3-5-14(9-13)16(17)18/h3-5,9,12,15-16H,2,6-8,10-11,19H2,1H3. The third kappa shape index (κ3) is 4.00. The van der Waals surface area contributed by atoms with Gasteiger partial charge in [0.05, 0.1) is 0 Å². The van der Waals surface area contributed by atoms with Crippen molar-refractivity contribution in [2.75, 3.05) is 19.6 Å². The zero-order valence-corrected chi connectivity index (χ0v) is 12.1. The van der Waals surface area contributed by atoms with Gasteiger partial charge in [0.15, 0.2) is 0 Å². The SMILES string of the molecule is CCCN(CC1CC1)C(CN)c1cccc(C(F)F)c1. The van der Waals surface area contributed by atoms with Crippen molar-refractivity contribution in [3.8, 4) is 0 Å². The predicted molar refractivity (Wildman–Crippen MR) is 77.8 cm³/mol. The molecule has 0 spiro atoms. The van der Waals surface area contributed by atoms with Crippen LogP contribution in [0.5, 0.6) is 0 Å². The second-order valence-electron chi connectivity index (χ2n) is 5.66. The third-order valence-electron chi connectivity index (χ3n) is 3.91. The van der Waals surface area contributed by atoms with E-state index in [2.05, 4.69) is 11.8 Å². The molecule has 0 aliphatic heterocycles. The third-order valence-corrected chi connectivity index (χ3v) is 3.91. The molecule has 20 heavy (non-hydrogen) atoms. The number of rotatable bonds is 8. The summed E-state index contributed by atoms with van der Waals surface area (Å²) in [6, 6.07) is 6.76. The van der Waals surface area contributed by atoms with Gasteiger partial charge < -0.3 is 5.73 Å². The average molecular weight is 282 g/mol. The summed E-state index contributed by atoms with van der Waals surface area (Å²) < 4.78 is 25.7. The Balaban J connectivity index is 2.17. The Morgan fingerprint density at radius 2 is 2.00 bits per heavy atom. The molecule has 1 aliphatic rings. The molecule has 1 atom stereocenters. The minimum absolute atomic E-state index is 0.0502. The van der Waals surface area contributed by atoms with Crippen LogP contribution >= 0.6 is 0 Å². The van der Waals surface area contributed by atoms with Crippen LogP contribution in [0.1, 0.15) is 49.8 Å². The van der Waals surface area contributed by atoms with E-state index in [9.17, 15) is 8.78 Å². The molecule has 1 saturated carbocycles. The van der Waals surface area contributed by atoms with E-state index in [0.29, 0.717) is 6.54 Å². The first-order valence-corrected chi connectivity index (χ1v) is 7.47. The summed E-state index contributed by atoms with van der Waals surface area (Å²) in [5.41, 5.74) is 6.93. The summed E-state index contributed by atoms with van der Waals surface area (Å²) in [6.07, 6.45) is 1.21. The highest BCUT2D eigenvalue weighted by Gasteiger charge is 2.28. The van der Waals surface area contributed by atoms with E-state index in [4.69, 9.17) is 5.73 Å². The minimum Gasteiger partial charge on any atom is -0.329 e. The van der Waals surface area contributed by atoms with E-state index < -0.39 is 6.43 Å². The Bertz CT molecular complexity index is 419. The molecule has 2 rings (SSSR count). The van der Waals surface area contributed by atoms with Gasteiger partial charge in [-0.15, -0.1) is 0 Å². The van der Waals surface area contributed by atoms with Crippen LogP contribution in [0.25, 0.3) is 0 Å². The Hall–Kier alpha value is -1.00. The molecule has 112 valence electrons. The molecule has 4 heteroatoms. The lowest BCUT2D eigenvalue weighted by Gasteiger charge is -2.31. The quantitative estimate of drug-likeness (QED) is 0.787. The van der Waals surface area contributed by atoms with Gasteiger partial charge in [-0.25, -0.2) is 8.78 Å². The van der Waals surface area contributed by atoms with Gasteiger partial charge in [-0.3, -0.25) is 4.90 Å².